The Labute approximate surface area is 139 Å². The van der Waals surface area contributed by atoms with Gasteiger partial charge in [-0.2, -0.15) is 4.98 Å². The third-order valence-corrected chi connectivity index (χ3v) is 4.20. The molecule has 2 aromatic rings. The van der Waals surface area contributed by atoms with Crippen LogP contribution in [-0.2, 0) is 18.6 Å². The Morgan fingerprint density at radius 2 is 2.24 bits per heavy atom. The highest BCUT2D eigenvalue weighted by Gasteiger charge is 2.46. The molecule has 4 atom stereocenters. The molecule has 2 aromatic heterocycles. The van der Waals surface area contributed by atoms with E-state index in [0.717, 1.165) is 0 Å². The van der Waals surface area contributed by atoms with Crippen LogP contribution >= 0.6 is 7.82 Å². The first-order valence-electron chi connectivity index (χ1n) is 7.00. The topological polar surface area (TPSA) is 195 Å². The maximum Gasteiger partial charge on any atom is 0.469 e. The summed E-state index contributed by atoms with van der Waals surface area (Å²) in [4.78, 5) is 39.6. The molecule has 0 saturated carbocycles. The lowest BCUT2D eigenvalue weighted by atomic mass is 10.1. The molecule has 3 rings (SSSR count). The summed E-state index contributed by atoms with van der Waals surface area (Å²) in [7, 11) is -3.41. The number of nitrogens with zero attached hydrogens (tertiary/aromatic N) is 3. The second kappa shape index (κ2) is 6.46. The lowest BCUT2D eigenvalue weighted by Gasteiger charge is -2.18. The number of aromatic amines is 1. The molecule has 0 spiro atoms. The number of rotatable bonds is 5. The highest BCUT2D eigenvalue weighted by atomic mass is 31.2. The zero-order valence-electron chi connectivity index (χ0n) is 12.8. The fourth-order valence-electron chi connectivity index (χ4n) is 2.67. The number of hydrogen-bond donors (Lipinski definition) is 5. The number of H-pyrrole nitrogens is 1. The molecule has 14 heteroatoms. The van der Waals surface area contributed by atoms with E-state index in [2.05, 4.69) is 19.5 Å². The predicted octanol–water partition coefficient (Wildman–Crippen LogP) is -1.92. The van der Waals surface area contributed by atoms with Gasteiger partial charge in [0, 0.05) is 7.11 Å². The molecule has 13 nitrogen and oxygen atoms in total. The Morgan fingerprint density at radius 3 is 2.88 bits per heavy atom. The molecule has 6 N–H and O–H groups in total. The van der Waals surface area contributed by atoms with Crippen LogP contribution in [0.1, 0.15) is 6.23 Å². The molecule has 0 amide bonds. The molecular formula is C11H16N5O8P. The number of imidazole rings is 1. The molecule has 0 aliphatic carbocycles. The van der Waals surface area contributed by atoms with Crippen LogP contribution in [0, 0.1) is 0 Å². The molecule has 138 valence electrons. The zero-order chi connectivity index (χ0) is 18.4. The molecule has 1 aliphatic heterocycles. The number of aromatic nitrogens is 4. The monoisotopic (exact) mass is 377 g/mol. The number of aliphatic hydroxyl groups excluding tert-OH is 1. The van der Waals surface area contributed by atoms with Gasteiger partial charge in [-0.25, -0.2) is 9.55 Å². The van der Waals surface area contributed by atoms with Crippen LogP contribution in [-0.4, -0.2) is 66.4 Å². The van der Waals surface area contributed by atoms with E-state index in [-0.39, 0.29) is 17.1 Å². The van der Waals surface area contributed by atoms with E-state index >= 15 is 0 Å². The normalized spacial score (nSPS) is 27.2. The number of phosphoric acid groups is 1. The highest BCUT2D eigenvalue weighted by molar-refractivity contribution is 7.46. The van der Waals surface area contributed by atoms with Crippen molar-refractivity contribution in [2.24, 2.45) is 0 Å². The van der Waals surface area contributed by atoms with Gasteiger partial charge in [0.2, 0.25) is 5.95 Å². The SMILES string of the molecule is COC1C(O)[C@H](n2cnc3c(=O)[nH]c(N)nc32)O[C@@H]1COP(=O)(O)O. The minimum Gasteiger partial charge on any atom is -0.386 e. The van der Waals surface area contributed by atoms with Gasteiger partial charge in [0.1, 0.15) is 18.3 Å². The van der Waals surface area contributed by atoms with Gasteiger partial charge in [0.05, 0.1) is 12.9 Å². The molecule has 25 heavy (non-hydrogen) atoms. The van der Waals surface area contributed by atoms with Crippen LogP contribution < -0.4 is 11.3 Å². The molecule has 1 aliphatic rings. The number of anilines is 1. The Balaban J connectivity index is 1.93. The van der Waals surface area contributed by atoms with Crippen LogP contribution in [0.3, 0.4) is 0 Å². The highest BCUT2D eigenvalue weighted by Crippen LogP contribution is 2.39. The number of ether oxygens (including phenoxy) is 2. The van der Waals surface area contributed by atoms with E-state index < -0.39 is 44.5 Å². The number of aliphatic hydroxyl groups is 1. The second-order valence-corrected chi connectivity index (χ2v) is 6.56. The van der Waals surface area contributed by atoms with Gasteiger partial charge in [-0.15, -0.1) is 0 Å². The molecule has 0 aromatic carbocycles. The lowest BCUT2D eigenvalue weighted by Crippen LogP contribution is -2.35. The quantitative estimate of drug-likeness (QED) is 0.364. The van der Waals surface area contributed by atoms with Gasteiger partial charge in [0.15, 0.2) is 17.4 Å². The van der Waals surface area contributed by atoms with Gasteiger partial charge >= 0.3 is 7.82 Å². The van der Waals surface area contributed by atoms with Crippen LogP contribution in [0.25, 0.3) is 11.2 Å². The van der Waals surface area contributed by atoms with Crippen molar-refractivity contribution in [1.29, 1.82) is 0 Å². The Kier molecular flexibility index (Phi) is 4.64. The Bertz CT molecular complexity index is 877. The van der Waals surface area contributed by atoms with E-state index in [0.29, 0.717) is 0 Å². The number of phosphoric ester groups is 1. The summed E-state index contributed by atoms with van der Waals surface area (Å²) in [5, 5.41) is 10.4. The minimum atomic E-state index is -4.72. The van der Waals surface area contributed by atoms with Gasteiger partial charge < -0.3 is 30.1 Å². The molecule has 1 saturated heterocycles. The van der Waals surface area contributed by atoms with E-state index in [1.165, 1.54) is 18.0 Å². The number of nitrogens with two attached hydrogens (primary N) is 1. The maximum atomic E-state index is 11.8. The van der Waals surface area contributed by atoms with Crippen LogP contribution in [0.5, 0.6) is 0 Å². The number of methoxy groups -OCH3 is 1. The maximum absolute atomic E-state index is 11.8. The molecule has 3 heterocycles. The molecule has 1 fully saturated rings. The number of nitrogen functional groups attached to an aromatic ring is 1. The standard InChI is InChI=1S/C11H16N5O8P/c1-22-7-4(2-23-25(19,20)21)24-10(6(7)17)16-3-13-5-8(16)14-11(12)15-9(5)18/h3-4,6-7,10,17H,2H2,1H3,(H2,19,20,21)(H3,12,14,15,18)/t4-,6?,7?,10-/m1/s1. The van der Waals surface area contributed by atoms with Gasteiger partial charge in [0.25, 0.3) is 5.56 Å². The van der Waals surface area contributed by atoms with Crippen molar-refractivity contribution in [2.75, 3.05) is 19.5 Å². The van der Waals surface area contributed by atoms with E-state index in [4.69, 9.17) is 25.0 Å². The number of nitrogens with one attached hydrogen (secondary N) is 1. The summed E-state index contributed by atoms with van der Waals surface area (Å²) in [6, 6.07) is 0. The van der Waals surface area contributed by atoms with Crippen molar-refractivity contribution in [3.63, 3.8) is 0 Å². The Morgan fingerprint density at radius 1 is 1.52 bits per heavy atom. The molecule has 2 unspecified atom stereocenters. The van der Waals surface area contributed by atoms with Crippen LogP contribution in [0.2, 0.25) is 0 Å². The average molecular weight is 377 g/mol. The Hall–Kier alpha value is -1.86. The minimum absolute atomic E-state index is 0.00566. The largest absolute Gasteiger partial charge is 0.469 e. The molecule has 0 bridgehead atoms. The fraction of sp³-hybridized carbons (Fsp3) is 0.545. The third kappa shape index (κ3) is 3.43. The molecule has 0 radical (unpaired) electrons. The van der Waals surface area contributed by atoms with Gasteiger partial charge in [-0.05, 0) is 0 Å². The zero-order valence-corrected chi connectivity index (χ0v) is 13.7. The van der Waals surface area contributed by atoms with Crippen molar-refractivity contribution in [3.05, 3.63) is 16.7 Å². The number of hydrogen-bond acceptors (Lipinski definition) is 9. The first kappa shape index (κ1) is 17.9. The second-order valence-electron chi connectivity index (χ2n) is 5.32. The smallest absolute Gasteiger partial charge is 0.386 e. The van der Waals surface area contributed by atoms with Gasteiger partial charge in [-0.3, -0.25) is 18.9 Å². The fourth-order valence-corrected chi connectivity index (χ4v) is 3.02. The third-order valence-electron chi connectivity index (χ3n) is 3.71. The summed E-state index contributed by atoms with van der Waals surface area (Å²) in [6.45, 7) is -0.515. The van der Waals surface area contributed by atoms with Crippen molar-refractivity contribution in [2.45, 2.75) is 24.5 Å². The van der Waals surface area contributed by atoms with Crippen molar-refractivity contribution < 1.29 is 33.5 Å². The van der Waals surface area contributed by atoms with Crippen LogP contribution in [0.4, 0.5) is 5.95 Å². The van der Waals surface area contributed by atoms with Crippen molar-refractivity contribution in [1.82, 2.24) is 19.5 Å². The van der Waals surface area contributed by atoms with E-state index in [1.54, 1.807) is 0 Å². The molecular weight excluding hydrogens is 361 g/mol. The summed E-state index contributed by atoms with van der Waals surface area (Å²) >= 11 is 0. The van der Waals surface area contributed by atoms with Crippen molar-refractivity contribution in [3.8, 4) is 0 Å². The van der Waals surface area contributed by atoms with E-state index in [1.807, 2.05) is 0 Å². The summed E-state index contributed by atoms with van der Waals surface area (Å²) < 4.78 is 27.3. The summed E-state index contributed by atoms with van der Waals surface area (Å²) in [6.07, 6.45) is -2.99. The van der Waals surface area contributed by atoms with Crippen LogP contribution in [0.15, 0.2) is 11.1 Å². The van der Waals surface area contributed by atoms with Crippen molar-refractivity contribution >= 4 is 24.9 Å². The van der Waals surface area contributed by atoms with E-state index in [9.17, 15) is 14.5 Å². The first-order chi connectivity index (χ1) is 11.7. The van der Waals surface area contributed by atoms with Gasteiger partial charge in [-0.1, -0.05) is 0 Å². The average Bonchev–Trinajstić information content (AvgIpc) is 3.05. The lowest BCUT2D eigenvalue weighted by molar-refractivity contribution is -0.0527. The first-order valence-corrected chi connectivity index (χ1v) is 8.53. The predicted molar refractivity (Wildman–Crippen MR) is 81.3 cm³/mol. The summed E-state index contributed by atoms with van der Waals surface area (Å²) in [5.41, 5.74) is 5.04. The summed E-state index contributed by atoms with van der Waals surface area (Å²) in [5.74, 6) is -0.142. The number of fused-ring (bicyclic) bond motifs is 1.